The maximum absolute atomic E-state index is 13.2. The van der Waals surface area contributed by atoms with Crippen LogP contribution >= 0.6 is 0 Å². The van der Waals surface area contributed by atoms with E-state index in [1.165, 1.54) is 116 Å². The molecular weight excluding hydrogens is 636 g/mol. The van der Waals surface area contributed by atoms with Crippen molar-refractivity contribution in [2.24, 2.45) is 35.5 Å². The Morgan fingerprint density at radius 1 is 0.353 bits per heavy atom. The van der Waals surface area contributed by atoms with Crippen LogP contribution in [0.15, 0.2) is 0 Å². The zero-order valence-electron chi connectivity index (χ0n) is 34.6. The van der Waals surface area contributed by atoms with E-state index in [0.29, 0.717) is 39.1 Å². The van der Waals surface area contributed by atoms with Crippen LogP contribution in [-0.4, -0.2) is 37.7 Å². The van der Waals surface area contributed by atoms with E-state index in [0.717, 1.165) is 56.3 Å². The van der Waals surface area contributed by atoms with Gasteiger partial charge >= 0.3 is 17.9 Å². The topological polar surface area (TPSA) is 78.9 Å². The van der Waals surface area contributed by atoms with Gasteiger partial charge in [0.05, 0.1) is 37.6 Å². The van der Waals surface area contributed by atoms with E-state index < -0.39 is 17.8 Å². The van der Waals surface area contributed by atoms with Crippen LogP contribution in [0.2, 0.25) is 0 Å². The van der Waals surface area contributed by atoms with Crippen LogP contribution in [0.1, 0.15) is 215 Å². The number of rotatable bonds is 33. The normalized spacial score (nSPS) is 17.7. The van der Waals surface area contributed by atoms with Gasteiger partial charge in [-0.2, -0.15) is 0 Å². The molecule has 0 aromatic carbocycles. The van der Waals surface area contributed by atoms with E-state index >= 15 is 0 Å². The van der Waals surface area contributed by atoms with E-state index in [2.05, 4.69) is 41.5 Å². The van der Waals surface area contributed by atoms with Crippen molar-refractivity contribution in [1.29, 1.82) is 0 Å². The van der Waals surface area contributed by atoms with Crippen molar-refractivity contribution in [1.82, 2.24) is 0 Å². The smallest absolute Gasteiger partial charge is 0.308 e. The minimum Gasteiger partial charge on any atom is -0.465 e. The molecule has 51 heavy (non-hydrogen) atoms. The van der Waals surface area contributed by atoms with Gasteiger partial charge in [-0.15, -0.1) is 0 Å². The predicted molar refractivity (Wildman–Crippen MR) is 213 cm³/mol. The van der Waals surface area contributed by atoms with Gasteiger partial charge in [-0.3, -0.25) is 14.4 Å². The summed E-state index contributed by atoms with van der Waals surface area (Å²) in [7, 11) is 0. The first-order chi connectivity index (χ1) is 24.6. The minimum atomic E-state index is -0.471. The molecule has 300 valence electrons. The Balaban J connectivity index is 2.46. The zero-order valence-corrected chi connectivity index (χ0v) is 34.6. The fourth-order valence-electron chi connectivity index (χ4n) is 7.38. The average molecular weight is 721 g/mol. The Kier molecular flexibility index (Phi) is 29.7. The highest BCUT2D eigenvalue weighted by atomic mass is 16.5. The fraction of sp³-hybridized carbons (Fsp3) is 0.933. The molecule has 1 aliphatic carbocycles. The Morgan fingerprint density at radius 3 is 0.765 bits per heavy atom. The molecule has 0 spiro atoms. The van der Waals surface area contributed by atoms with Crippen molar-refractivity contribution in [3.63, 3.8) is 0 Å². The van der Waals surface area contributed by atoms with Crippen molar-refractivity contribution in [2.75, 3.05) is 19.8 Å². The molecule has 6 heteroatoms. The molecule has 1 rings (SSSR count). The summed E-state index contributed by atoms with van der Waals surface area (Å²) in [5.41, 5.74) is 0. The zero-order chi connectivity index (χ0) is 37.5. The summed E-state index contributed by atoms with van der Waals surface area (Å²) in [5, 5.41) is 0. The first-order valence-corrected chi connectivity index (χ1v) is 22.1. The van der Waals surface area contributed by atoms with Crippen molar-refractivity contribution >= 4 is 17.9 Å². The summed E-state index contributed by atoms with van der Waals surface area (Å²) < 4.78 is 17.1. The van der Waals surface area contributed by atoms with Gasteiger partial charge in [-0.05, 0) is 56.3 Å². The second kappa shape index (κ2) is 31.9. The second-order valence-electron chi connectivity index (χ2n) is 17.3. The van der Waals surface area contributed by atoms with Crippen molar-refractivity contribution < 1.29 is 28.6 Å². The largest absolute Gasteiger partial charge is 0.465 e. The summed E-state index contributed by atoms with van der Waals surface area (Å²) in [6, 6.07) is 0. The number of hydrogen-bond donors (Lipinski definition) is 0. The minimum absolute atomic E-state index is 0.277. The van der Waals surface area contributed by atoms with Gasteiger partial charge in [0.15, 0.2) is 0 Å². The number of carbonyl (C=O) groups is 3. The van der Waals surface area contributed by atoms with E-state index in [1.54, 1.807) is 0 Å². The molecule has 0 amide bonds. The molecule has 0 unspecified atom stereocenters. The number of esters is 3. The third-order valence-corrected chi connectivity index (χ3v) is 10.7. The maximum atomic E-state index is 13.2. The van der Waals surface area contributed by atoms with Gasteiger partial charge in [0, 0.05) is 0 Å². The molecular formula is C45H84O6. The highest BCUT2D eigenvalue weighted by Crippen LogP contribution is 2.36. The highest BCUT2D eigenvalue weighted by Gasteiger charge is 2.41. The lowest BCUT2D eigenvalue weighted by Crippen LogP contribution is -2.37. The quantitative estimate of drug-likeness (QED) is 0.0381. The Bertz CT molecular complexity index is 736. The SMILES string of the molecule is CC(C)CCCCCCCCCOC(=O)C1CC(C(=O)OCCCCCCCCCC(C)C)CC(C(=O)OCCCCCCCCCC(C)C)C1. The predicted octanol–water partition coefficient (Wildman–Crippen LogP) is 13.0. The monoisotopic (exact) mass is 721 g/mol. The number of unbranched alkanes of at least 4 members (excludes halogenated alkanes) is 18. The molecule has 0 heterocycles. The first-order valence-electron chi connectivity index (χ1n) is 22.1. The molecule has 0 aromatic heterocycles. The molecule has 0 saturated heterocycles. The van der Waals surface area contributed by atoms with Crippen LogP contribution < -0.4 is 0 Å². The van der Waals surface area contributed by atoms with Crippen LogP contribution in [0.4, 0.5) is 0 Å². The van der Waals surface area contributed by atoms with E-state index in [9.17, 15) is 14.4 Å². The van der Waals surface area contributed by atoms with Gasteiger partial charge in [0.1, 0.15) is 0 Å². The summed E-state index contributed by atoms with van der Waals surface area (Å²) in [6.07, 6.45) is 29.8. The van der Waals surface area contributed by atoms with Crippen LogP contribution in [0.3, 0.4) is 0 Å². The maximum Gasteiger partial charge on any atom is 0.308 e. The van der Waals surface area contributed by atoms with Crippen molar-refractivity contribution in [3.05, 3.63) is 0 Å². The van der Waals surface area contributed by atoms with E-state index in [1.807, 2.05) is 0 Å². The molecule has 0 aliphatic heterocycles. The third-order valence-electron chi connectivity index (χ3n) is 10.7. The lowest BCUT2D eigenvalue weighted by Gasteiger charge is -2.31. The van der Waals surface area contributed by atoms with Crippen molar-refractivity contribution in [2.45, 2.75) is 215 Å². The summed E-state index contributed by atoms with van der Waals surface area (Å²) in [5.74, 6) is 0.112. The van der Waals surface area contributed by atoms with Crippen LogP contribution in [-0.2, 0) is 28.6 Å². The molecule has 0 N–H and O–H groups in total. The first kappa shape index (κ1) is 47.4. The standard InChI is InChI=1S/C45H84O6/c1-37(2)28-22-16-10-7-13-19-25-31-49-43(46)40-34-41(44(47)50-32-26-20-14-8-11-17-23-29-38(3)4)36-42(35-40)45(48)51-33-27-21-15-9-12-18-24-30-39(5)6/h37-42H,7-36H2,1-6H3. The number of carbonyl (C=O) groups excluding carboxylic acids is 3. The van der Waals surface area contributed by atoms with Crippen molar-refractivity contribution in [3.8, 4) is 0 Å². The number of ether oxygens (including phenoxy) is 3. The lowest BCUT2D eigenvalue weighted by molar-refractivity contribution is -0.161. The average Bonchev–Trinajstić information content (AvgIpc) is 3.09. The van der Waals surface area contributed by atoms with Gasteiger partial charge in [-0.25, -0.2) is 0 Å². The molecule has 6 nitrogen and oxygen atoms in total. The Hall–Kier alpha value is -1.59. The highest BCUT2D eigenvalue weighted by molar-refractivity contribution is 5.80. The molecule has 1 aliphatic rings. The molecule has 0 radical (unpaired) electrons. The summed E-state index contributed by atoms with van der Waals surface area (Å²) in [4.78, 5) is 39.6. The summed E-state index contributed by atoms with van der Waals surface area (Å²) in [6.45, 7) is 14.9. The third kappa shape index (κ3) is 27.6. The van der Waals surface area contributed by atoms with Gasteiger partial charge in [-0.1, -0.05) is 176 Å². The van der Waals surface area contributed by atoms with Gasteiger partial charge in [0.2, 0.25) is 0 Å². The molecule has 0 atom stereocenters. The molecule has 1 saturated carbocycles. The van der Waals surface area contributed by atoms with Gasteiger partial charge < -0.3 is 14.2 Å². The molecule has 0 bridgehead atoms. The van der Waals surface area contributed by atoms with Gasteiger partial charge in [0.25, 0.3) is 0 Å². The fourth-order valence-corrected chi connectivity index (χ4v) is 7.38. The van der Waals surface area contributed by atoms with Crippen LogP contribution in [0.25, 0.3) is 0 Å². The van der Waals surface area contributed by atoms with E-state index in [-0.39, 0.29) is 17.9 Å². The summed E-state index contributed by atoms with van der Waals surface area (Å²) >= 11 is 0. The molecule has 1 fully saturated rings. The lowest BCUT2D eigenvalue weighted by atomic mass is 9.75. The Morgan fingerprint density at radius 2 is 0.549 bits per heavy atom. The molecule has 0 aromatic rings. The number of hydrogen-bond acceptors (Lipinski definition) is 6. The van der Waals surface area contributed by atoms with E-state index in [4.69, 9.17) is 14.2 Å². The Labute approximate surface area is 316 Å². The second-order valence-corrected chi connectivity index (χ2v) is 17.3. The van der Waals surface area contributed by atoms with Crippen LogP contribution in [0, 0.1) is 35.5 Å². The van der Waals surface area contributed by atoms with Crippen LogP contribution in [0.5, 0.6) is 0 Å².